The molecule has 2 atom stereocenters. The fourth-order valence-electron chi connectivity index (χ4n) is 3.41. The minimum atomic E-state index is -0.367. The number of furan rings is 1. The van der Waals surface area contributed by atoms with Gasteiger partial charge in [0.2, 0.25) is 0 Å². The van der Waals surface area contributed by atoms with Crippen LogP contribution >= 0.6 is 0 Å². The molecule has 2 saturated heterocycles. The first-order valence-corrected chi connectivity index (χ1v) is 7.49. The molecule has 2 aromatic heterocycles. The topological polar surface area (TPSA) is 78.3 Å². The largest absolute Gasteiger partial charge is 0.463 e. The third-order valence-electron chi connectivity index (χ3n) is 4.60. The number of amides is 1. The van der Waals surface area contributed by atoms with E-state index in [9.17, 15) is 9.59 Å². The number of fused-ring (bicyclic) bond motifs is 1. The van der Waals surface area contributed by atoms with E-state index in [4.69, 9.17) is 4.42 Å². The maximum Gasteiger partial charge on any atom is 0.261 e. The van der Waals surface area contributed by atoms with E-state index in [1.165, 1.54) is 0 Å². The SMILES string of the molecule is O=C(c1ccc(-c2ccco2)[nH]c1=O)N1C[C@H]2CNC[C@H]2C1. The number of pyridine rings is 1. The van der Waals surface area contributed by atoms with Crippen LogP contribution in [0, 0.1) is 11.8 Å². The van der Waals surface area contributed by atoms with Gasteiger partial charge in [-0.15, -0.1) is 0 Å². The first kappa shape index (κ1) is 13.3. The smallest absolute Gasteiger partial charge is 0.261 e. The number of nitrogens with one attached hydrogen (secondary N) is 2. The summed E-state index contributed by atoms with van der Waals surface area (Å²) in [7, 11) is 0. The summed E-state index contributed by atoms with van der Waals surface area (Å²) in [6, 6.07) is 6.82. The van der Waals surface area contributed by atoms with Crippen LogP contribution < -0.4 is 10.9 Å². The molecule has 22 heavy (non-hydrogen) atoms. The first-order valence-electron chi connectivity index (χ1n) is 7.49. The van der Waals surface area contributed by atoms with Crippen LogP contribution in [0.1, 0.15) is 10.4 Å². The van der Waals surface area contributed by atoms with Gasteiger partial charge in [0.25, 0.3) is 11.5 Å². The van der Waals surface area contributed by atoms with Gasteiger partial charge in [-0.05, 0) is 36.1 Å². The zero-order valence-electron chi connectivity index (χ0n) is 12.0. The van der Waals surface area contributed by atoms with Crippen LogP contribution in [0.25, 0.3) is 11.5 Å². The molecule has 6 heteroatoms. The maximum atomic E-state index is 12.6. The van der Waals surface area contributed by atoms with Crippen molar-refractivity contribution in [3.05, 3.63) is 46.4 Å². The molecule has 2 aliphatic rings. The van der Waals surface area contributed by atoms with Crippen molar-refractivity contribution in [3.63, 3.8) is 0 Å². The van der Waals surface area contributed by atoms with Gasteiger partial charge in [0, 0.05) is 26.2 Å². The highest BCUT2D eigenvalue weighted by Crippen LogP contribution is 2.27. The Morgan fingerprint density at radius 3 is 2.59 bits per heavy atom. The van der Waals surface area contributed by atoms with Gasteiger partial charge < -0.3 is 19.6 Å². The zero-order chi connectivity index (χ0) is 15.1. The summed E-state index contributed by atoms with van der Waals surface area (Å²) in [5.74, 6) is 1.44. The lowest BCUT2D eigenvalue weighted by Gasteiger charge is -2.17. The molecule has 2 fully saturated rings. The summed E-state index contributed by atoms with van der Waals surface area (Å²) in [6.45, 7) is 3.39. The molecular formula is C16H17N3O3. The summed E-state index contributed by atoms with van der Waals surface area (Å²) >= 11 is 0. The van der Waals surface area contributed by atoms with Gasteiger partial charge in [-0.3, -0.25) is 9.59 Å². The van der Waals surface area contributed by atoms with Crippen LogP contribution in [0.5, 0.6) is 0 Å². The van der Waals surface area contributed by atoms with E-state index in [2.05, 4.69) is 10.3 Å². The Kier molecular flexibility index (Phi) is 3.11. The molecule has 1 amide bonds. The number of aromatic amines is 1. The lowest BCUT2D eigenvalue weighted by Crippen LogP contribution is -2.35. The van der Waals surface area contributed by atoms with Gasteiger partial charge in [0.05, 0.1) is 12.0 Å². The molecule has 0 saturated carbocycles. The second kappa shape index (κ2) is 5.14. The molecule has 0 radical (unpaired) electrons. The minimum absolute atomic E-state index is 0.179. The molecule has 2 aliphatic heterocycles. The monoisotopic (exact) mass is 299 g/mol. The van der Waals surface area contributed by atoms with Gasteiger partial charge in [0.1, 0.15) is 11.3 Å². The van der Waals surface area contributed by atoms with E-state index < -0.39 is 0 Å². The zero-order valence-corrected chi connectivity index (χ0v) is 12.0. The van der Waals surface area contributed by atoms with Crippen molar-refractivity contribution >= 4 is 5.91 Å². The van der Waals surface area contributed by atoms with Crippen LogP contribution in [-0.4, -0.2) is 42.0 Å². The van der Waals surface area contributed by atoms with Gasteiger partial charge in [-0.1, -0.05) is 0 Å². The third-order valence-corrected chi connectivity index (χ3v) is 4.60. The van der Waals surface area contributed by atoms with E-state index in [0.717, 1.165) is 26.2 Å². The van der Waals surface area contributed by atoms with E-state index in [0.29, 0.717) is 23.3 Å². The average molecular weight is 299 g/mol. The molecule has 2 N–H and O–H groups in total. The van der Waals surface area contributed by atoms with Crippen molar-refractivity contribution < 1.29 is 9.21 Å². The summed E-state index contributed by atoms with van der Waals surface area (Å²) in [5, 5.41) is 3.34. The summed E-state index contributed by atoms with van der Waals surface area (Å²) in [5.41, 5.74) is 0.409. The fourth-order valence-corrected chi connectivity index (χ4v) is 3.41. The van der Waals surface area contributed by atoms with Crippen LogP contribution in [0.3, 0.4) is 0 Å². The number of nitrogens with zero attached hydrogens (tertiary/aromatic N) is 1. The van der Waals surface area contributed by atoms with Crippen molar-refractivity contribution in [1.29, 1.82) is 0 Å². The molecule has 114 valence electrons. The van der Waals surface area contributed by atoms with Gasteiger partial charge in [-0.25, -0.2) is 0 Å². The number of carbonyl (C=O) groups is 1. The Bertz CT molecular complexity index is 738. The van der Waals surface area contributed by atoms with Crippen LogP contribution in [0.2, 0.25) is 0 Å². The molecule has 4 heterocycles. The highest BCUT2D eigenvalue weighted by molar-refractivity contribution is 5.94. The number of carbonyl (C=O) groups excluding carboxylic acids is 1. The van der Waals surface area contributed by atoms with Crippen LogP contribution in [0.4, 0.5) is 0 Å². The number of aromatic nitrogens is 1. The van der Waals surface area contributed by atoms with Crippen molar-refractivity contribution in [3.8, 4) is 11.5 Å². The normalized spacial score (nSPS) is 23.7. The lowest BCUT2D eigenvalue weighted by molar-refractivity contribution is 0.0780. The summed E-state index contributed by atoms with van der Waals surface area (Å²) < 4.78 is 5.25. The van der Waals surface area contributed by atoms with E-state index in [-0.39, 0.29) is 17.0 Å². The minimum Gasteiger partial charge on any atom is -0.463 e. The summed E-state index contributed by atoms with van der Waals surface area (Å²) in [4.78, 5) is 29.3. The molecule has 0 aromatic carbocycles. The molecule has 4 rings (SSSR count). The van der Waals surface area contributed by atoms with Crippen LogP contribution in [0.15, 0.2) is 39.7 Å². The average Bonchev–Trinajstić information content (AvgIpc) is 3.22. The number of H-pyrrole nitrogens is 1. The fraction of sp³-hybridized carbons (Fsp3) is 0.375. The van der Waals surface area contributed by atoms with Crippen molar-refractivity contribution in [1.82, 2.24) is 15.2 Å². The number of hydrogen-bond acceptors (Lipinski definition) is 4. The Morgan fingerprint density at radius 1 is 1.18 bits per heavy atom. The Labute approximate surface area is 127 Å². The van der Waals surface area contributed by atoms with Crippen molar-refractivity contribution in [2.24, 2.45) is 11.8 Å². The second-order valence-electron chi connectivity index (χ2n) is 5.98. The quantitative estimate of drug-likeness (QED) is 0.864. The van der Waals surface area contributed by atoms with E-state index in [1.807, 2.05) is 0 Å². The third kappa shape index (κ3) is 2.16. The van der Waals surface area contributed by atoms with E-state index >= 15 is 0 Å². The van der Waals surface area contributed by atoms with Gasteiger partial charge >= 0.3 is 0 Å². The highest BCUT2D eigenvalue weighted by atomic mass is 16.3. The lowest BCUT2D eigenvalue weighted by atomic mass is 10.0. The standard InChI is InChI=1S/C16H17N3O3/c20-15-12(3-4-13(18-15)14-2-1-5-22-14)16(21)19-8-10-6-17-7-11(10)9-19/h1-5,10-11,17H,6-9H2,(H,18,20)/t10-,11+. The Hall–Kier alpha value is -2.34. The Balaban J connectivity index is 1.58. The van der Waals surface area contributed by atoms with E-state index in [1.54, 1.807) is 35.4 Å². The molecule has 0 unspecified atom stereocenters. The molecule has 2 aromatic rings. The molecule has 0 spiro atoms. The molecule has 0 bridgehead atoms. The molecular weight excluding hydrogens is 282 g/mol. The van der Waals surface area contributed by atoms with Gasteiger partial charge in [-0.2, -0.15) is 0 Å². The summed E-state index contributed by atoms with van der Waals surface area (Å²) in [6.07, 6.45) is 1.55. The first-order chi connectivity index (χ1) is 10.7. The van der Waals surface area contributed by atoms with Crippen molar-refractivity contribution in [2.45, 2.75) is 0 Å². The predicted molar refractivity (Wildman–Crippen MR) is 80.5 cm³/mol. The van der Waals surface area contributed by atoms with Gasteiger partial charge in [0.15, 0.2) is 0 Å². The molecule has 0 aliphatic carbocycles. The van der Waals surface area contributed by atoms with Crippen molar-refractivity contribution in [2.75, 3.05) is 26.2 Å². The number of rotatable bonds is 2. The van der Waals surface area contributed by atoms with Crippen LogP contribution in [-0.2, 0) is 0 Å². The Morgan fingerprint density at radius 2 is 1.95 bits per heavy atom. The number of likely N-dealkylation sites (tertiary alicyclic amines) is 1. The highest BCUT2D eigenvalue weighted by Gasteiger charge is 2.38. The number of hydrogen-bond donors (Lipinski definition) is 2. The maximum absolute atomic E-state index is 12.6. The predicted octanol–water partition coefficient (Wildman–Crippen LogP) is 0.926. The molecule has 6 nitrogen and oxygen atoms in total. The second-order valence-corrected chi connectivity index (χ2v) is 5.98.